The van der Waals surface area contributed by atoms with E-state index in [2.05, 4.69) is 5.32 Å². The Morgan fingerprint density at radius 2 is 1.74 bits per heavy atom. The Morgan fingerprint density at radius 1 is 1.03 bits per heavy atom. The molecular weight excluding hydrogens is 397 g/mol. The second kappa shape index (κ2) is 7.87. The van der Waals surface area contributed by atoms with Crippen molar-refractivity contribution in [1.29, 1.82) is 0 Å². The SMILES string of the molecule is COc1ccc(C2(C(=O)Nc3ccc(C)c(-c4ccc(C(=O)O)cc4F)c3)CC2)cc1.[HH]. The lowest BCUT2D eigenvalue weighted by Gasteiger charge is -2.17. The standard InChI is InChI=1S/C25H22FNO4.H2/c1-15-3-7-18(14-21(15)20-10-4-16(23(28)29)13-22(20)26)27-24(30)25(11-12-25)17-5-8-19(31-2)9-6-17;/h3-10,13-14H,11-12H2,1-2H3,(H,27,30)(H,28,29);1H. The van der Waals surface area contributed by atoms with Crippen LogP contribution in [-0.2, 0) is 10.2 Å². The van der Waals surface area contributed by atoms with Gasteiger partial charge in [0.05, 0.1) is 18.1 Å². The highest BCUT2D eigenvalue weighted by atomic mass is 19.1. The fourth-order valence-corrected chi connectivity index (χ4v) is 3.79. The van der Waals surface area contributed by atoms with E-state index in [4.69, 9.17) is 9.84 Å². The summed E-state index contributed by atoms with van der Waals surface area (Å²) < 4.78 is 19.8. The molecule has 4 rings (SSSR count). The molecule has 0 bridgehead atoms. The van der Waals surface area contributed by atoms with Crippen LogP contribution in [0.5, 0.6) is 5.75 Å². The highest BCUT2D eigenvalue weighted by Gasteiger charge is 2.51. The van der Waals surface area contributed by atoms with Crippen LogP contribution in [0.2, 0.25) is 0 Å². The molecule has 5 nitrogen and oxygen atoms in total. The van der Waals surface area contributed by atoms with E-state index in [1.54, 1.807) is 19.2 Å². The number of aromatic carboxylic acids is 1. The molecule has 0 aliphatic heterocycles. The first-order valence-electron chi connectivity index (χ1n) is 9.94. The number of halogens is 1. The number of amides is 1. The van der Waals surface area contributed by atoms with Gasteiger partial charge in [0.25, 0.3) is 0 Å². The van der Waals surface area contributed by atoms with Crippen LogP contribution in [0.1, 0.15) is 35.8 Å². The van der Waals surface area contributed by atoms with E-state index in [1.165, 1.54) is 12.1 Å². The van der Waals surface area contributed by atoms with Gasteiger partial charge in [0.15, 0.2) is 0 Å². The van der Waals surface area contributed by atoms with Gasteiger partial charge >= 0.3 is 5.97 Å². The third kappa shape index (κ3) is 3.89. The molecule has 31 heavy (non-hydrogen) atoms. The van der Waals surface area contributed by atoms with Crippen LogP contribution in [0.3, 0.4) is 0 Å². The zero-order valence-electron chi connectivity index (χ0n) is 17.2. The number of ether oxygens (including phenoxy) is 1. The van der Waals surface area contributed by atoms with Gasteiger partial charge in [-0.1, -0.05) is 24.3 Å². The molecule has 0 aromatic heterocycles. The molecule has 0 heterocycles. The molecule has 1 aliphatic carbocycles. The molecule has 0 radical (unpaired) electrons. The maximum Gasteiger partial charge on any atom is 0.335 e. The highest BCUT2D eigenvalue weighted by molar-refractivity contribution is 6.02. The van der Waals surface area contributed by atoms with E-state index >= 15 is 0 Å². The van der Waals surface area contributed by atoms with E-state index in [0.717, 1.165) is 35.8 Å². The van der Waals surface area contributed by atoms with Crippen molar-refractivity contribution in [2.24, 2.45) is 0 Å². The average Bonchev–Trinajstić information content (AvgIpc) is 3.57. The van der Waals surface area contributed by atoms with Gasteiger partial charge in [-0.3, -0.25) is 4.79 Å². The van der Waals surface area contributed by atoms with Crippen LogP contribution in [0.4, 0.5) is 10.1 Å². The van der Waals surface area contributed by atoms with Crippen LogP contribution in [-0.4, -0.2) is 24.1 Å². The smallest absolute Gasteiger partial charge is 0.335 e. The summed E-state index contributed by atoms with van der Waals surface area (Å²) in [7, 11) is 1.60. The summed E-state index contributed by atoms with van der Waals surface area (Å²) in [5.74, 6) is -1.17. The molecule has 1 aliphatic rings. The predicted molar refractivity (Wildman–Crippen MR) is 118 cm³/mol. The first-order chi connectivity index (χ1) is 14.8. The van der Waals surface area contributed by atoms with Gasteiger partial charge in [0, 0.05) is 12.7 Å². The van der Waals surface area contributed by atoms with Crippen molar-refractivity contribution in [2.75, 3.05) is 12.4 Å². The van der Waals surface area contributed by atoms with E-state index in [9.17, 15) is 14.0 Å². The number of hydrogen-bond acceptors (Lipinski definition) is 3. The second-order valence-electron chi connectivity index (χ2n) is 7.79. The average molecular weight is 421 g/mol. The molecule has 0 unspecified atom stereocenters. The molecular formula is C25H24FNO4. The summed E-state index contributed by atoms with van der Waals surface area (Å²) >= 11 is 0. The van der Waals surface area contributed by atoms with Crippen LogP contribution in [0.15, 0.2) is 60.7 Å². The number of anilines is 1. The van der Waals surface area contributed by atoms with Crippen molar-refractivity contribution >= 4 is 17.6 Å². The number of rotatable bonds is 6. The molecule has 1 amide bonds. The number of carbonyl (C=O) groups excluding carboxylic acids is 1. The number of hydrogen-bond donors (Lipinski definition) is 2. The minimum absolute atomic E-state index is 0. The Labute approximate surface area is 181 Å². The molecule has 1 saturated carbocycles. The number of carboxylic acid groups (broad SMARTS) is 1. The summed E-state index contributed by atoms with van der Waals surface area (Å²) in [5, 5.41) is 12.0. The van der Waals surface area contributed by atoms with E-state index in [-0.39, 0.29) is 18.5 Å². The van der Waals surface area contributed by atoms with Crippen molar-refractivity contribution in [3.05, 3.63) is 83.2 Å². The molecule has 0 saturated heterocycles. The van der Waals surface area contributed by atoms with Crippen LogP contribution in [0.25, 0.3) is 11.1 Å². The lowest BCUT2D eigenvalue weighted by molar-refractivity contribution is -0.118. The van der Waals surface area contributed by atoms with Gasteiger partial charge in [0.1, 0.15) is 11.6 Å². The molecule has 1 fully saturated rings. The van der Waals surface area contributed by atoms with Gasteiger partial charge in [-0.15, -0.1) is 0 Å². The fraction of sp³-hybridized carbons (Fsp3) is 0.200. The number of methoxy groups -OCH3 is 1. The molecule has 0 spiro atoms. The summed E-state index contributed by atoms with van der Waals surface area (Å²) in [5.41, 5.74) is 2.53. The lowest BCUT2D eigenvalue weighted by atomic mass is 9.94. The largest absolute Gasteiger partial charge is 0.497 e. The van der Waals surface area contributed by atoms with Crippen molar-refractivity contribution in [3.63, 3.8) is 0 Å². The number of benzene rings is 3. The van der Waals surface area contributed by atoms with Gasteiger partial charge in [-0.25, -0.2) is 9.18 Å². The maximum atomic E-state index is 14.6. The van der Waals surface area contributed by atoms with Crippen molar-refractivity contribution in [1.82, 2.24) is 0 Å². The molecule has 0 atom stereocenters. The van der Waals surface area contributed by atoms with E-state index < -0.39 is 17.2 Å². The summed E-state index contributed by atoms with van der Waals surface area (Å²) in [6, 6.07) is 16.6. The summed E-state index contributed by atoms with van der Waals surface area (Å²) in [6.45, 7) is 1.84. The van der Waals surface area contributed by atoms with Gasteiger partial charge < -0.3 is 15.2 Å². The summed E-state index contributed by atoms with van der Waals surface area (Å²) in [4.78, 5) is 24.2. The Balaban J connectivity index is 0.00000289. The third-order valence-corrected chi connectivity index (χ3v) is 5.83. The lowest BCUT2D eigenvalue weighted by Crippen LogP contribution is -2.27. The summed E-state index contributed by atoms with van der Waals surface area (Å²) in [6.07, 6.45) is 1.52. The number of carboxylic acids is 1. The topological polar surface area (TPSA) is 75.6 Å². The van der Waals surface area contributed by atoms with Gasteiger partial charge in [-0.05, 0) is 72.9 Å². The number of carbonyl (C=O) groups is 2. The van der Waals surface area contributed by atoms with Gasteiger partial charge in [0.2, 0.25) is 5.91 Å². The quantitative estimate of drug-likeness (QED) is 0.557. The van der Waals surface area contributed by atoms with E-state index in [0.29, 0.717) is 11.3 Å². The minimum Gasteiger partial charge on any atom is -0.497 e. The molecule has 3 aromatic rings. The molecule has 6 heteroatoms. The molecule has 160 valence electrons. The Bertz CT molecular complexity index is 1170. The molecule has 2 N–H and O–H groups in total. The normalized spacial score (nSPS) is 14.0. The Morgan fingerprint density at radius 3 is 2.32 bits per heavy atom. The van der Waals surface area contributed by atoms with Crippen LogP contribution >= 0.6 is 0 Å². The van der Waals surface area contributed by atoms with Crippen molar-refractivity contribution < 1.29 is 25.2 Å². The predicted octanol–water partition coefficient (Wildman–Crippen LogP) is 5.42. The van der Waals surface area contributed by atoms with Crippen LogP contribution in [0, 0.1) is 12.7 Å². The monoisotopic (exact) mass is 421 g/mol. The third-order valence-electron chi connectivity index (χ3n) is 5.83. The second-order valence-corrected chi connectivity index (χ2v) is 7.79. The fourth-order valence-electron chi connectivity index (χ4n) is 3.79. The van der Waals surface area contributed by atoms with Crippen molar-refractivity contribution in [3.8, 4) is 16.9 Å². The van der Waals surface area contributed by atoms with Crippen molar-refractivity contribution in [2.45, 2.75) is 25.2 Å². The minimum atomic E-state index is -1.18. The number of nitrogens with one attached hydrogen (secondary N) is 1. The maximum absolute atomic E-state index is 14.6. The first kappa shape index (κ1) is 20.6. The zero-order chi connectivity index (χ0) is 22.2. The van der Waals surface area contributed by atoms with E-state index in [1.807, 2.05) is 37.3 Å². The van der Waals surface area contributed by atoms with Crippen LogP contribution < -0.4 is 10.1 Å². The number of aryl methyl sites for hydroxylation is 1. The zero-order valence-corrected chi connectivity index (χ0v) is 17.2. The highest BCUT2D eigenvalue weighted by Crippen LogP contribution is 2.49. The Kier molecular flexibility index (Phi) is 5.23. The Hall–Kier alpha value is -3.67. The molecule has 3 aromatic carbocycles. The van der Waals surface area contributed by atoms with Gasteiger partial charge in [-0.2, -0.15) is 0 Å². The first-order valence-corrected chi connectivity index (χ1v) is 9.94.